The van der Waals surface area contributed by atoms with Crippen LogP contribution in [0.4, 0.5) is 4.79 Å². The molecule has 0 aliphatic carbocycles. The Labute approximate surface area is 187 Å². The molecule has 0 atom stereocenters. The van der Waals surface area contributed by atoms with Gasteiger partial charge in [0.1, 0.15) is 0 Å². The van der Waals surface area contributed by atoms with Gasteiger partial charge in [-0.3, -0.25) is 9.59 Å². The number of amides is 3. The second-order valence-electron chi connectivity index (χ2n) is 7.55. The highest BCUT2D eigenvalue weighted by atomic mass is 79.9. The number of imide groups is 1. The zero-order valence-corrected chi connectivity index (χ0v) is 18.5. The molecule has 2 aromatic rings. The van der Waals surface area contributed by atoms with Gasteiger partial charge in [-0.15, -0.1) is 0 Å². The predicted octanol–water partition coefficient (Wildman–Crippen LogP) is 5.09. The largest absolute Gasteiger partial charge is 0.434 e. The van der Waals surface area contributed by atoms with Gasteiger partial charge in [-0.2, -0.15) is 0 Å². The standard InChI is InChI=1S/C22H20BrClN2O4/c23-16-5-8-18-19(13-16)21(28)26(20(18)27)30-22(29)25-11-9-15(10-12-25)2-1-14-3-6-17(24)7-4-14/h3-8,13,15H,1-2,9-12H2. The predicted molar refractivity (Wildman–Crippen MR) is 115 cm³/mol. The van der Waals surface area contributed by atoms with Crippen LogP contribution < -0.4 is 0 Å². The number of carbonyl (C=O) groups is 3. The van der Waals surface area contributed by atoms with E-state index in [2.05, 4.69) is 15.9 Å². The molecule has 1 saturated heterocycles. The smallest absolute Gasteiger partial charge is 0.310 e. The summed E-state index contributed by atoms with van der Waals surface area (Å²) in [5.74, 6) is -0.724. The van der Waals surface area contributed by atoms with Crippen molar-refractivity contribution in [1.82, 2.24) is 9.96 Å². The zero-order valence-electron chi connectivity index (χ0n) is 16.1. The summed E-state index contributed by atoms with van der Waals surface area (Å²) in [6.07, 6.45) is 3.06. The summed E-state index contributed by atoms with van der Waals surface area (Å²) in [6, 6.07) is 12.6. The molecule has 2 aliphatic heterocycles. The molecular formula is C22H20BrClN2O4. The quantitative estimate of drug-likeness (QED) is 0.559. The van der Waals surface area contributed by atoms with Crippen LogP contribution in [0.3, 0.4) is 0 Å². The lowest BCUT2D eigenvalue weighted by atomic mass is 9.91. The van der Waals surface area contributed by atoms with Crippen LogP contribution in [-0.2, 0) is 11.3 Å². The van der Waals surface area contributed by atoms with E-state index in [1.807, 2.05) is 24.3 Å². The van der Waals surface area contributed by atoms with Crippen molar-refractivity contribution >= 4 is 45.4 Å². The van der Waals surface area contributed by atoms with E-state index >= 15 is 0 Å². The maximum absolute atomic E-state index is 12.5. The van der Waals surface area contributed by atoms with E-state index in [0.29, 0.717) is 28.5 Å². The molecule has 2 aromatic carbocycles. The molecule has 0 saturated carbocycles. The van der Waals surface area contributed by atoms with E-state index < -0.39 is 17.9 Å². The van der Waals surface area contributed by atoms with Crippen LogP contribution in [0.25, 0.3) is 0 Å². The minimum atomic E-state index is -0.667. The molecule has 8 heteroatoms. The summed E-state index contributed by atoms with van der Waals surface area (Å²) in [4.78, 5) is 44.1. The molecule has 0 radical (unpaired) electrons. The summed E-state index contributed by atoms with van der Waals surface area (Å²) in [5.41, 5.74) is 1.71. The Morgan fingerprint density at radius 3 is 2.40 bits per heavy atom. The number of rotatable bonds is 4. The molecule has 30 heavy (non-hydrogen) atoms. The van der Waals surface area contributed by atoms with Crippen molar-refractivity contribution in [3.05, 3.63) is 68.7 Å². The molecule has 3 amide bonds. The Morgan fingerprint density at radius 1 is 1.03 bits per heavy atom. The van der Waals surface area contributed by atoms with E-state index in [-0.39, 0.29) is 11.1 Å². The number of benzene rings is 2. The van der Waals surface area contributed by atoms with Crippen LogP contribution in [0.15, 0.2) is 46.9 Å². The third kappa shape index (κ3) is 4.37. The van der Waals surface area contributed by atoms with E-state index in [9.17, 15) is 14.4 Å². The summed E-state index contributed by atoms with van der Waals surface area (Å²) in [5, 5.41) is 1.29. The summed E-state index contributed by atoms with van der Waals surface area (Å²) in [6.45, 7) is 1.08. The molecule has 0 aromatic heterocycles. The van der Waals surface area contributed by atoms with Gasteiger partial charge in [-0.05, 0) is 67.5 Å². The van der Waals surface area contributed by atoms with Crippen molar-refractivity contribution < 1.29 is 19.2 Å². The number of hydrogen-bond donors (Lipinski definition) is 0. The van der Waals surface area contributed by atoms with E-state index in [1.54, 1.807) is 23.1 Å². The van der Waals surface area contributed by atoms with E-state index in [4.69, 9.17) is 16.4 Å². The fraction of sp³-hybridized carbons (Fsp3) is 0.318. The van der Waals surface area contributed by atoms with Crippen molar-refractivity contribution in [2.24, 2.45) is 5.92 Å². The van der Waals surface area contributed by atoms with E-state index in [1.165, 1.54) is 5.56 Å². The number of carbonyl (C=O) groups excluding carboxylic acids is 3. The number of hydrogen-bond acceptors (Lipinski definition) is 4. The Balaban J connectivity index is 1.28. The Kier molecular flexibility index (Phi) is 6.11. The van der Waals surface area contributed by atoms with Gasteiger partial charge < -0.3 is 9.74 Å². The number of likely N-dealkylation sites (tertiary alicyclic amines) is 1. The Bertz CT molecular complexity index is 987. The van der Waals surface area contributed by atoms with Gasteiger partial charge >= 0.3 is 6.09 Å². The van der Waals surface area contributed by atoms with Gasteiger partial charge in [0.25, 0.3) is 11.8 Å². The third-order valence-corrected chi connectivity index (χ3v) is 6.35. The van der Waals surface area contributed by atoms with Crippen molar-refractivity contribution in [2.45, 2.75) is 25.7 Å². The fourth-order valence-electron chi connectivity index (χ4n) is 3.84. The molecule has 2 heterocycles. The average molecular weight is 492 g/mol. The van der Waals surface area contributed by atoms with Crippen LogP contribution in [0.2, 0.25) is 5.02 Å². The highest BCUT2D eigenvalue weighted by Gasteiger charge is 2.40. The first-order valence-corrected chi connectivity index (χ1v) is 11.0. The number of fused-ring (bicyclic) bond motifs is 1. The van der Waals surface area contributed by atoms with Crippen molar-refractivity contribution in [2.75, 3.05) is 13.1 Å². The summed E-state index contributed by atoms with van der Waals surface area (Å²) in [7, 11) is 0. The molecule has 0 unspecified atom stereocenters. The Hall–Kier alpha value is -2.38. The van der Waals surface area contributed by atoms with Crippen LogP contribution in [0.1, 0.15) is 45.5 Å². The third-order valence-electron chi connectivity index (χ3n) is 5.61. The van der Waals surface area contributed by atoms with Crippen molar-refractivity contribution in [3.63, 3.8) is 0 Å². The van der Waals surface area contributed by atoms with E-state index in [0.717, 1.165) is 30.7 Å². The maximum atomic E-state index is 12.5. The monoisotopic (exact) mass is 490 g/mol. The van der Waals surface area contributed by atoms with Gasteiger partial charge in [-0.25, -0.2) is 4.79 Å². The first kappa shape index (κ1) is 20.9. The maximum Gasteiger partial charge on any atom is 0.434 e. The lowest BCUT2D eigenvalue weighted by Gasteiger charge is -2.31. The van der Waals surface area contributed by atoms with Gasteiger partial charge in [0, 0.05) is 22.6 Å². The topological polar surface area (TPSA) is 66.9 Å². The minimum absolute atomic E-state index is 0.225. The highest BCUT2D eigenvalue weighted by Crippen LogP contribution is 2.28. The second-order valence-corrected chi connectivity index (χ2v) is 8.90. The normalized spacial score (nSPS) is 16.7. The molecule has 0 bridgehead atoms. The SMILES string of the molecule is O=C(ON1C(=O)c2ccc(Br)cc2C1=O)N1CCC(CCc2ccc(Cl)cc2)CC1. The van der Waals surface area contributed by atoms with Crippen molar-refractivity contribution in [3.8, 4) is 0 Å². The number of hydroxylamine groups is 2. The van der Waals surface area contributed by atoms with Gasteiger partial charge in [0.05, 0.1) is 11.1 Å². The molecular weight excluding hydrogens is 472 g/mol. The molecule has 4 rings (SSSR count). The summed E-state index contributed by atoms with van der Waals surface area (Å²) >= 11 is 9.20. The minimum Gasteiger partial charge on any atom is -0.310 e. The average Bonchev–Trinajstić information content (AvgIpc) is 2.98. The lowest BCUT2D eigenvalue weighted by Crippen LogP contribution is -2.43. The number of piperidine rings is 1. The molecule has 1 fully saturated rings. The highest BCUT2D eigenvalue weighted by molar-refractivity contribution is 9.10. The molecule has 0 N–H and O–H groups in total. The van der Waals surface area contributed by atoms with Gasteiger partial charge in [0.2, 0.25) is 0 Å². The first-order chi connectivity index (χ1) is 14.4. The Morgan fingerprint density at radius 2 is 1.70 bits per heavy atom. The van der Waals surface area contributed by atoms with Crippen LogP contribution in [0.5, 0.6) is 0 Å². The first-order valence-electron chi connectivity index (χ1n) is 9.82. The lowest BCUT2D eigenvalue weighted by molar-refractivity contribution is -0.0595. The molecule has 6 nitrogen and oxygen atoms in total. The number of nitrogens with zero attached hydrogens (tertiary/aromatic N) is 2. The number of halogens is 2. The van der Waals surface area contributed by atoms with Crippen LogP contribution in [0, 0.1) is 5.92 Å². The number of aryl methyl sites for hydroxylation is 1. The fourth-order valence-corrected chi connectivity index (χ4v) is 4.32. The van der Waals surface area contributed by atoms with Gasteiger partial charge in [0.15, 0.2) is 0 Å². The summed E-state index contributed by atoms with van der Waals surface area (Å²) < 4.78 is 0.677. The van der Waals surface area contributed by atoms with Crippen LogP contribution >= 0.6 is 27.5 Å². The second kappa shape index (κ2) is 8.78. The van der Waals surface area contributed by atoms with Crippen LogP contribution in [-0.4, -0.2) is 41.0 Å². The molecule has 0 spiro atoms. The molecule has 156 valence electrons. The molecule has 2 aliphatic rings. The van der Waals surface area contributed by atoms with Crippen molar-refractivity contribution in [1.29, 1.82) is 0 Å². The zero-order chi connectivity index (χ0) is 21.3. The van der Waals surface area contributed by atoms with Gasteiger partial charge in [-0.1, -0.05) is 44.7 Å².